The number of rotatable bonds is 5. The summed E-state index contributed by atoms with van der Waals surface area (Å²) in [6.45, 7) is 0. The van der Waals surface area contributed by atoms with Crippen molar-refractivity contribution in [3.8, 4) is 44.8 Å². The minimum Gasteiger partial charge on any atom is -0.309 e. The highest BCUT2D eigenvalue weighted by Crippen LogP contribution is 2.41. The first-order valence-corrected chi connectivity index (χ1v) is 17.1. The van der Waals surface area contributed by atoms with Gasteiger partial charge in [0, 0.05) is 32.9 Å². The minimum absolute atomic E-state index is 0.524. The molecule has 0 aliphatic carbocycles. The third-order valence-corrected chi connectivity index (χ3v) is 10.1. The van der Waals surface area contributed by atoms with E-state index in [-0.39, 0.29) is 0 Å². The average molecular weight is 638 g/mol. The Kier molecular flexibility index (Phi) is 6.29. The minimum atomic E-state index is 0.524. The molecule has 2 nitrogen and oxygen atoms in total. The molecule has 0 radical (unpaired) electrons. The van der Waals surface area contributed by atoms with E-state index >= 15 is 0 Å². The molecule has 8 aromatic carbocycles. The summed E-state index contributed by atoms with van der Waals surface area (Å²) in [6.07, 6.45) is 0. The molecule has 0 N–H and O–H groups in total. The molecule has 0 amide bonds. The van der Waals surface area contributed by atoms with Crippen molar-refractivity contribution < 1.29 is 1.37 Å². The molecule has 10 rings (SSSR count). The molecule has 2 aromatic heterocycles. The lowest BCUT2D eigenvalue weighted by molar-refractivity contribution is 1.18. The second-order valence-corrected chi connectivity index (χ2v) is 12.9. The molecule has 234 valence electrons. The lowest BCUT2D eigenvalue weighted by Crippen LogP contribution is -1.94. The van der Waals surface area contributed by atoms with Crippen LogP contribution in [0.4, 0.5) is 0 Å². The lowest BCUT2D eigenvalue weighted by atomic mass is 9.98. The molecule has 0 aliphatic heterocycles. The van der Waals surface area contributed by atoms with E-state index in [1.54, 1.807) is 0 Å². The number of aromatic nitrogens is 2. The number of benzene rings is 8. The van der Waals surface area contributed by atoms with E-state index < -0.39 is 0 Å². The summed E-state index contributed by atoms with van der Waals surface area (Å²) in [5.74, 6) is 0. The Morgan fingerprint density at radius 2 is 0.880 bits per heavy atom. The van der Waals surface area contributed by atoms with Gasteiger partial charge in [0.2, 0.25) is 0 Å². The lowest BCUT2D eigenvalue weighted by Gasteiger charge is -2.11. The maximum absolute atomic E-state index is 7.85. The molecular formula is C48H32N2. The molecule has 0 bridgehead atoms. The van der Waals surface area contributed by atoms with Crippen molar-refractivity contribution in [2.75, 3.05) is 0 Å². The van der Waals surface area contributed by atoms with Crippen LogP contribution in [0.2, 0.25) is 0 Å². The number of para-hydroxylation sites is 2. The molecule has 0 saturated heterocycles. The molecule has 0 saturated carbocycles. The number of fused-ring (bicyclic) bond motifs is 6. The van der Waals surface area contributed by atoms with Gasteiger partial charge in [-0.25, -0.2) is 0 Å². The van der Waals surface area contributed by atoms with Crippen LogP contribution in [-0.4, -0.2) is 9.13 Å². The Balaban J connectivity index is 1.14. The van der Waals surface area contributed by atoms with Gasteiger partial charge in [0.25, 0.3) is 0 Å². The van der Waals surface area contributed by atoms with E-state index in [1.165, 1.54) is 65.9 Å². The number of hydrogen-bond donors (Lipinski definition) is 0. The summed E-state index contributed by atoms with van der Waals surface area (Å²) in [5, 5.41) is 4.97. The molecule has 10 aromatic rings. The predicted molar refractivity (Wildman–Crippen MR) is 211 cm³/mol. The summed E-state index contributed by atoms with van der Waals surface area (Å²) in [7, 11) is 0. The standard InChI is InChI=1S/C48H32N2/c1-3-13-33(14-4-1)35-25-28-38(29-26-35)49-44-22-9-7-19-41(44)43-32-37(27-30-46(43)49)40-21-12-24-47-48(40)42-20-8-10-23-45(42)50(47)39-18-11-17-36(31-39)34-15-5-2-6-16-34/h1-32H/i1D. The van der Waals surface area contributed by atoms with E-state index in [4.69, 9.17) is 1.37 Å². The van der Waals surface area contributed by atoms with Gasteiger partial charge >= 0.3 is 0 Å². The van der Waals surface area contributed by atoms with Crippen LogP contribution < -0.4 is 0 Å². The fraction of sp³-hybridized carbons (Fsp3) is 0. The zero-order valence-electron chi connectivity index (χ0n) is 28.3. The van der Waals surface area contributed by atoms with Crippen LogP contribution in [0.15, 0.2) is 194 Å². The predicted octanol–water partition coefficient (Wildman–Crippen LogP) is 12.9. The maximum Gasteiger partial charge on any atom is 0.0623 e. The van der Waals surface area contributed by atoms with Crippen LogP contribution in [0.25, 0.3) is 88.4 Å². The third kappa shape index (κ3) is 4.50. The molecule has 0 spiro atoms. The number of nitrogens with zero attached hydrogens (tertiary/aromatic N) is 2. The van der Waals surface area contributed by atoms with E-state index in [2.05, 4.69) is 173 Å². The molecule has 0 fully saturated rings. The highest BCUT2D eigenvalue weighted by Gasteiger charge is 2.18. The molecular weight excluding hydrogens is 605 g/mol. The van der Waals surface area contributed by atoms with Gasteiger partial charge in [-0.1, -0.05) is 140 Å². The monoisotopic (exact) mass is 637 g/mol. The van der Waals surface area contributed by atoms with Gasteiger partial charge in [-0.2, -0.15) is 0 Å². The van der Waals surface area contributed by atoms with Gasteiger partial charge in [0.15, 0.2) is 0 Å². The Hall–Kier alpha value is -6.64. The zero-order valence-corrected chi connectivity index (χ0v) is 27.3. The Labute approximate surface area is 292 Å². The average Bonchev–Trinajstić information content (AvgIpc) is 3.71. The molecule has 50 heavy (non-hydrogen) atoms. The van der Waals surface area contributed by atoms with E-state index in [0.717, 1.165) is 22.5 Å². The largest absolute Gasteiger partial charge is 0.309 e. The molecule has 2 heteroatoms. The Morgan fingerprint density at radius 3 is 1.70 bits per heavy atom. The fourth-order valence-electron chi connectivity index (χ4n) is 7.79. The van der Waals surface area contributed by atoms with Crippen molar-refractivity contribution in [3.05, 3.63) is 194 Å². The highest BCUT2D eigenvalue weighted by molar-refractivity contribution is 6.17. The summed E-state index contributed by atoms with van der Waals surface area (Å²) in [6, 6.07) is 67.6. The van der Waals surface area contributed by atoms with Gasteiger partial charge in [-0.15, -0.1) is 0 Å². The summed E-state index contributed by atoms with van der Waals surface area (Å²) < 4.78 is 12.6. The smallest absolute Gasteiger partial charge is 0.0623 e. The molecule has 0 atom stereocenters. The van der Waals surface area contributed by atoms with E-state index in [9.17, 15) is 0 Å². The fourth-order valence-corrected chi connectivity index (χ4v) is 7.79. The van der Waals surface area contributed by atoms with Crippen LogP contribution >= 0.6 is 0 Å². The van der Waals surface area contributed by atoms with Crippen molar-refractivity contribution in [2.45, 2.75) is 0 Å². The van der Waals surface area contributed by atoms with Gasteiger partial charge < -0.3 is 9.13 Å². The van der Waals surface area contributed by atoms with Crippen LogP contribution in [0.3, 0.4) is 0 Å². The first-order valence-electron chi connectivity index (χ1n) is 17.6. The SMILES string of the molecule is [2H]c1ccc(-c2ccc(-n3c4ccccc4c4cc(-c5cccc6c5c5ccccc5n6-c5cccc(-c6ccccc6)c5)ccc43)cc2)cc1. The summed E-state index contributed by atoms with van der Waals surface area (Å²) >= 11 is 0. The molecule has 2 heterocycles. The van der Waals surface area contributed by atoms with E-state index in [0.29, 0.717) is 6.04 Å². The van der Waals surface area contributed by atoms with Crippen LogP contribution in [0, 0.1) is 0 Å². The van der Waals surface area contributed by atoms with Gasteiger partial charge in [0.05, 0.1) is 23.4 Å². The van der Waals surface area contributed by atoms with Gasteiger partial charge in [-0.3, -0.25) is 0 Å². The van der Waals surface area contributed by atoms with Crippen molar-refractivity contribution in [1.29, 1.82) is 0 Å². The maximum atomic E-state index is 7.85. The topological polar surface area (TPSA) is 9.86 Å². The second kappa shape index (κ2) is 11.5. The van der Waals surface area contributed by atoms with Crippen molar-refractivity contribution >= 4 is 43.6 Å². The number of hydrogen-bond acceptors (Lipinski definition) is 0. The Bertz CT molecular complexity index is 2900. The van der Waals surface area contributed by atoms with E-state index in [1.807, 2.05) is 24.3 Å². The molecule has 0 aliphatic rings. The van der Waals surface area contributed by atoms with Gasteiger partial charge in [0.1, 0.15) is 0 Å². The van der Waals surface area contributed by atoms with Crippen LogP contribution in [-0.2, 0) is 0 Å². The normalized spacial score (nSPS) is 11.9. The summed E-state index contributed by atoms with van der Waals surface area (Å²) in [4.78, 5) is 0. The van der Waals surface area contributed by atoms with Crippen molar-refractivity contribution in [1.82, 2.24) is 9.13 Å². The zero-order chi connectivity index (χ0) is 33.9. The first-order chi connectivity index (χ1) is 25.2. The quantitative estimate of drug-likeness (QED) is 0.178. The van der Waals surface area contributed by atoms with Crippen LogP contribution in [0.5, 0.6) is 0 Å². The van der Waals surface area contributed by atoms with Crippen LogP contribution in [0.1, 0.15) is 1.37 Å². The third-order valence-electron chi connectivity index (χ3n) is 10.1. The molecule has 0 unspecified atom stereocenters. The summed E-state index contributed by atoms with van der Waals surface area (Å²) in [5.41, 5.74) is 14.1. The second-order valence-electron chi connectivity index (χ2n) is 12.9. The van der Waals surface area contributed by atoms with Crippen molar-refractivity contribution in [3.63, 3.8) is 0 Å². The van der Waals surface area contributed by atoms with Crippen molar-refractivity contribution in [2.24, 2.45) is 0 Å². The van der Waals surface area contributed by atoms with Gasteiger partial charge in [-0.05, 0) is 88.0 Å². The Morgan fingerprint density at radius 1 is 0.320 bits per heavy atom. The highest BCUT2D eigenvalue weighted by atomic mass is 15.0. The first kappa shape index (κ1) is 27.3.